The quantitative estimate of drug-likeness (QED) is 0.398. The number of aromatic nitrogens is 1. The van der Waals surface area contributed by atoms with E-state index < -0.39 is 17.5 Å². The Kier molecular flexibility index (Phi) is 5.82. The highest BCUT2D eigenvalue weighted by Gasteiger charge is 2.51. The van der Waals surface area contributed by atoms with Crippen LogP contribution in [0.25, 0.3) is 0 Å². The first-order valence-corrected chi connectivity index (χ1v) is 12.0. The Morgan fingerprint density at radius 2 is 1.72 bits per heavy atom. The van der Waals surface area contributed by atoms with Crippen molar-refractivity contribution in [3.05, 3.63) is 82.2 Å². The van der Waals surface area contributed by atoms with Crippen molar-refractivity contribution in [1.82, 2.24) is 14.8 Å². The third-order valence-corrected chi connectivity index (χ3v) is 7.20. The van der Waals surface area contributed by atoms with Crippen LogP contribution >= 0.6 is 0 Å². The van der Waals surface area contributed by atoms with Crippen LogP contribution in [0.2, 0.25) is 0 Å². The van der Waals surface area contributed by atoms with Crippen LogP contribution in [-0.2, 0) is 16.9 Å². The van der Waals surface area contributed by atoms with E-state index in [9.17, 15) is 14.4 Å². The standard InChI is InChI=1S/C28H29N3O5/c1-5-28(21-9-6-17(2)7-10-21)26(33)31(27(34)29-28)15-23(32)22-12-18(3)30(19(22)4)14-20-8-11-24-25(13-20)36-16-35-24/h6-13H,5,14-16H2,1-4H3,(H,29,34). The van der Waals surface area contributed by atoms with Crippen molar-refractivity contribution in [2.45, 2.75) is 46.2 Å². The van der Waals surface area contributed by atoms with Crippen LogP contribution in [0, 0.1) is 20.8 Å². The number of fused-ring (bicyclic) bond motifs is 1. The number of Topliss-reactive ketones (excluding diaryl/α,β-unsaturated/α-hetero) is 1. The Balaban J connectivity index is 1.37. The molecule has 0 bridgehead atoms. The maximum absolute atomic E-state index is 13.5. The number of rotatable bonds is 7. The molecule has 3 aromatic rings. The number of amides is 3. The van der Waals surface area contributed by atoms with Crippen molar-refractivity contribution in [1.29, 1.82) is 0 Å². The number of imide groups is 1. The Morgan fingerprint density at radius 3 is 2.44 bits per heavy atom. The molecule has 8 nitrogen and oxygen atoms in total. The topological polar surface area (TPSA) is 89.9 Å². The molecular formula is C28H29N3O5. The Hall–Kier alpha value is -4.07. The summed E-state index contributed by atoms with van der Waals surface area (Å²) in [4.78, 5) is 40.7. The lowest BCUT2D eigenvalue weighted by Gasteiger charge is -2.25. The van der Waals surface area contributed by atoms with Crippen LogP contribution in [0.15, 0.2) is 48.5 Å². The lowest BCUT2D eigenvalue weighted by molar-refractivity contribution is -0.131. The van der Waals surface area contributed by atoms with Gasteiger partial charge in [-0.1, -0.05) is 42.8 Å². The van der Waals surface area contributed by atoms with Crippen molar-refractivity contribution in [3.8, 4) is 11.5 Å². The molecule has 8 heteroatoms. The average Bonchev–Trinajstić information content (AvgIpc) is 3.51. The number of carbonyl (C=O) groups excluding carboxylic acids is 3. The van der Waals surface area contributed by atoms with Gasteiger partial charge in [-0.05, 0) is 56.5 Å². The molecule has 1 aromatic heterocycles. The van der Waals surface area contributed by atoms with E-state index in [1.165, 1.54) is 0 Å². The van der Waals surface area contributed by atoms with E-state index in [1.54, 1.807) is 0 Å². The number of hydrogen-bond donors (Lipinski definition) is 1. The monoisotopic (exact) mass is 487 g/mol. The van der Waals surface area contributed by atoms with Crippen LogP contribution in [0.4, 0.5) is 4.79 Å². The molecule has 1 fully saturated rings. The summed E-state index contributed by atoms with van der Waals surface area (Å²) in [7, 11) is 0. The largest absolute Gasteiger partial charge is 0.454 e. The zero-order chi connectivity index (χ0) is 25.6. The summed E-state index contributed by atoms with van der Waals surface area (Å²) < 4.78 is 12.9. The van der Waals surface area contributed by atoms with E-state index >= 15 is 0 Å². The summed E-state index contributed by atoms with van der Waals surface area (Å²) >= 11 is 0. The van der Waals surface area contributed by atoms with Crippen LogP contribution in [0.5, 0.6) is 11.5 Å². The first-order chi connectivity index (χ1) is 17.2. The van der Waals surface area contributed by atoms with Crippen LogP contribution < -0.4 is 14.8 Å². The number of benzene rings is 2. The van der Waals surface area contributed by atoms with Gasteiger partial charge in [0.25, 0.3) is 5.91 Å². The number of ether oxygens (including phenoxy) is 2. The lowest BCUT2D eigenvalue weighted by atomic mass is 9.86. The summed E-state index contributed by atoms with van der Waals surface area (Å²) in [6, 6.07) is 14.6. The maximum Gasteiger partial charge on any atom is 0.325 e. The third kappa shape index (κ3) is 3.82. The highest BCUT2D eigenvalue weighted by Crippen LogP contribution is 2.34. The summed E-state index contributed by atoms with van der Waals surface area (Å²) in [6.07, 6.45) is 0.384. The average molecular weight is 488 g/mol. The van der Waals surface area contributed by atoms with Gasteiger partial charge in [0.05, 0.1) is 6.54 Å². The number of carbonyl (C=O) groups is 3. The van der Waals surface area contributed by atoms with Gasteiger partial charge in [0.1, 0.15) is 5.54 Å². The molecule has 5 rings (SSSR count). The fourth-order valence-electron chi connectivity index (χ4n) is 5.02. The van der Waals surface area contributed by atoms with Crippen LogP contribution in [-0.4, -0.2) is 40.5 Å². The van der Waals surface area contributed by atoms with E-state index in [4.69, 9.17) is 9.47 Å². The normalized spacial score (nSPS) is 18.6. The molecule has 1 atom stereocenters. The SMILES string of the molecule is CCC1(c2ccc(C)cc2)NC(=O)N(CC(=O)c2cc(C)n(Cc3ccc4c(c3)OCO4)c2C)C1=O. The van der Waals surface area contributed by atoms with E-state index in [1.807, 2.05) is 80.8 Å². The van der Waals surface area contributed by atoms with Crippen molar-refractivity contribution in [2.75, 3.05) is 13.3 Å². The van der Waals surface area contributed by atoms with Crippen molar-refractivity contribution in [2.24, 2.45) is 0 Å². The minimum atomic E-state index is -1.17. The molecule has 2 aromatic carbocycles. The van der Waals surface area contributed by atoms with Crippen molar-refractivity contribution in [3.63, 3.8) is 0 Å². The molecule has 0 radical (unpaired) electrons. The third-order valence-electron chi connectivity index (χ3n) is 7.20. The smallest absolute Gasteiger partial charge is 0.325 e. The molecule has 36 heavy (non-hydrogen) atoms. The van der Waals surface area contributed by atoms with Crippen LogP contribution in [0.3, 0.4) is 0 Å². The molecule has 2 aliphatic heterocycles. The first kappa shape index (κ1) is 23.7. The second-order valence-corrected chi connectivity index (χ2v) is 9.43. The number of nitrogens with zero attached hydrogens (tertiary/aromatic N) is 2. The summed E-state index contributed by atoms with van der Waals surface area (Å²) in [6.45, 7) is 8.08. The van der Waals surface area contributed by atoms with E-state index in [-0.39, 0.29) is 19.1 Å². The van der Waals surface area contributed by atoms with Crippen molar-refractivity contribution >= 4 is 17.7 Å². The van der Waals surface area contributed by atoms with Gasteiger partial charge in [0, 0.05) is 23.5 Å². The number of nitrogens with one attached hydrogen (secondary N) is 1. The molecule has 1 N–H and O–H groups in total. The summed E-state index contributed by atoms with van der Waals surface area (Å²) in [5.74, 6) is 0.747. The van der Waals surface area contributed by atoms with Gasteiger partial charge in [-0.15, -0.1) is 0 Å². The molecular weight excluding hydrogens is 458 g/mol. The second-order valence-electron chi connectivity index (χ2n) is 9.43. The number of ketones is 1. The number of urea groups is 1. The molecule has 0 aliphatic carbocycles. The van der Waals surface area contributed by atoms with Gasteiger partial charge in [0.2, 0.25) is 6.79 Å². The minimum Gasteiger partial charge on any atom is -0.454 e. The van der Waals surface area contributed by atoms with Crippen LogP contribution in [0.1, 0.15) is 51.8 Å². The maximum atomic E-state index is 13.5. The van der Waals surface area contributed by atoms with Gasteiger partial charge in [-0.25, -0.2) is 4.79 Å². The summed E-state index contributed by atoms with van der Waals surface area (Å²) in [5, 5.41) is 2.85. The minimum absolute atomic E-state index is 0.213. The van der Waals surface area contributed by atoms with Crippen molar-refractivity contribution < 1.29 is 23.9 Å². The molecule has 3 heterocycles. The Bertz CT molecular complexity index is 1370. The number of aryl methyl sites for hydroxylation is 2. The zero-order valence-electron chi connectivity index (χ0n) is 20.9. The molecule has 0 saturated carbocycles. The Morgan fingerprint density at radius 1 is 1.00 bits per heavy atom. The molecule has 1 saturated heterocycles. The van der Waals surface area contributed by atoms with Gasteiger partial charge in [-0.2, -0.15) is 0 Å². The second kappa shape index (κ2) is 8.86. The van der Waals surface area contributed by atoms with Gasteiger partial charge in [-0.3, -0.25) is 14.5 Å². The summed E-state index contributed by atoms with van der Waals surface area (Å²) in [5.41, 5.74) is 3.81. The Labute approximate surface area is 209 Å². The van der Waals surface area contributed by atoms with Gasteiger partial charge < -0.3 is 19.4 Å². The van der Waals surface area contributed by atoms with Gasteiger partial charge in [0.15, 0.2) is 17.3 Å². The highest BCUT2D eigenvalue weighted by atomic mass is 16.7. The molecule has 186 valence electrons. The molecule has 0 spiro atoms. The first-order valence-electron chi connectivity index (χ1n) is 12.0. The van der Waals surface area contributed by atoms with E-state index in [0.717, 1.165) is 33.2 Å². The fraction of sp³-hybridized carbons (Fsp3) is 0.321. The lowest BCUT2D eigenvalue weighted by Crippen LogP contribution is -2.43. The predicted octanol–water partition coefficient (Wildman–Crippen LogP) is 4.23. The molecule has 3 amide bonds. The fourth-order valence-corrected chi connectivity index (χ4v) is 5.02. The highest BCUT2D eigenvalue weighted by molar-refractivity contribution is 6.11. The van der Waals surface area contributed by atoms with E-state index in [2.05, 4.69) is 5.32 Å². The van der Waals surface area contributed by atoms with E-state index in [0.29, 0.717) is 29.8 Å². The predicted molar refractivity (Wildman–Crippen MR) is 133 cm³/mol. The zero-order valence-corrected chi connectivity index (χ0v) is 20.9. The van der Waals surface area contributed by atoms with Gasteiger partial charge >= 0.3 is 6.03 Å². The molecule has 2 aliphatic rings. The molecule has 1 unspecified atom stereocenters. The number of hydrogen-bond acceptors (Lipinski definition) is 5.